The molecule has 1 amide bonds. The Labute approximate surface area is 136 Å². The third-order valence-electron chi connectivity index (χ3n) is 4.38. The van der Waals surface area contributed by atoms with Gasteiger partial charge in [-0.2, -0.15) is 0 Å². The van der Waals surface area contributed by atoms with E-state index in [9.17, 15) is 4.79 Å². The molecule has 2 aromatic heterocycles. The van der Waals surface area contributed by atoms with Gasteiger partial charge in [0.2, 0.25) is 5.91 Å². The van der Waals surface area contributed by atoms with Crippen LogP contribution in [0.15, 0.2) is 42.0 Å². The number of hydrogen-bond donors (Lipinski definition) is 0. The summed E-state index contributed by atoms with van der Waals surface area (Å²) in [5, 5.41) is 2.08. The molecule has 0 aromatic carbocycles. The number of carbonyl (C=O) groups is 1. The van der Waals surface area contributed by atoms with Crippen molar-refractivity contribution in [3.05, 3.63) is 52.5 Å². The van der Waals surface area contributed by atoms with Crippen molar-refractivity contribution < 1.29 is 4.79 Å². The lowest BCUT2D eigenvalue weighted by atomic mass is 10.0. The Morgan fingerprint density at radius 1 is 1.27 bits per heavy atom. The lowest BCUT2D eigenvalue weighted by Gasteiger charge is -2.25. The first-order chi connectivity index (χ1) is 10.8. The number of rotatable bonds is 6. The summed E-state index contributed by atoms with van der Waals surface area (Å²) in [5.74, 6) is 0.325. The van der Waals surface area contributed by atoms with Gasteiger partial charge >= 0.3 is 0 Å². The molecule has 1 fully saturated rings. The third-order valence-corrected chi connectivity index (χ3v) is 5.31. The van der Waals surface area contributed by atoms with E-state index in [0.717, 1.165) is 38.6 Å². The van der Waals surface area contributed by atoms with Gasteiger partial charge in [0.15, 0.2) is 0 Å². The zero-order valence-electron chi connectivity index (χ0n) is 12.8. The Hall–Kier alpha value is -1.68. The van der Waals surface area contributed by atoms with Crippen LogP contribution in [0, 0.1) is 0 Å². The highest BCUT2D eigenvalue weighted by atomic mass is 32.1. The van der Waals surface area contributed by atoms with Crippen LogP contribution in [-0.2, 0) is 17.6 Å². The van der Waals surface area contributed by atoms with Gasteiger partial charge < -0.3 is 4.90 Å². The Balaban J connectivity index is 1.50. The number of nitrogens with zero attached hydrogens (tertiary/aromatic N) is 2. The molecule has 0 aliphatic carbocycles. The second-order valence-corrected chi connectivity index (χ2v) is 6.89. The molecule has 0 unspecified atom stereocenters. The van der Waals surface area contributed by atoms with Gasteiger partial charge in [0.1, 0.15) is 0 Å². The van der Waals surface area contributed by atoms with Crippen LogP contribution in [0.4, 0.5) is 0 Å². The van der Waals surface area contributed by atoms with E-state index in [2.05, 4.69) is 39.5 Å². The molecule has 2 aromatic rings. The Morgan fingerprint density at radius 3 is 2.91 bits per heavy atom. The summed E-state index contributed by atoms with van der Waals surface area (Å²) in [7, 11) is 0. The molecular weight excluding hydrogens is 292 g/mol. The number of hydrogen-bond acceptors (Lipinski definition) is 3. The monoisotopic (exact) mass is 314 g/mol. The van der Waals surface area contributed by atoms with Crippen molar-refractivity contribution in [2.24, 2.45) is 0 Å². The molecule has 0 bridgehead atoms. The Bertz CT molecular complexity index is 582. The van der Waals surface area contributed by atoms with Crippen LogP contribution in [0.5, 0.6) is 0 Å². The van der Waals surface area contributed by atoms with Crippen LogP contribution < -0.4 is 0 Å². The molecule has 116 valence electrons. The lowest BCUT2D eigenvalue weighted by molar-refractivity contribution is -0.132. The predicted molar refractivity (Wildman–Crippen MR) is 89.9 cm³/mol. The molecule has 3 heterocycles. The van der Waals surface area contributed by atoms with Gasteiger partial charge in [0.25, 0.3) is 0 Å². The van der Waals surface area contributed by atoms with Crippen LogP contribution >= 0.6 is 11.3 Å². The smallest absolute Gasteiger partial charge is 0.223 e. The highest BCUT2D eigenvalue weighted by Gasteiger charge is 2.27. The van der Waals surface area contributed by atoms with Gasteiger partial charge in [-0.3, -0.25) is 9.78 Å². The summed E-state index contributed by atoms with van der Waals surface area (Å²) in [6, 6.07) is 8.72. The average molecular weight is 314 g/mol. The van der Waals surface area contributed by atoms with Crippen molar-refractivity contribution in [1.29, 1.82) is 0 Å². The number of likely N-dealkylation sites (tertiary alicyclic amines) is 1. The van der Waals surface area contributed by atoms with Gasteiger partial charge in [0, 0.05) is 36.3 Å². The maximum absolute atomic E-state index is 12.5. The fraction of sp³-hybridized carbons (Fsp3) is 0.444. The summed E-state index contributed by atoms with van der Waals surface area (Å²) in [6.07, 6.45) is 9.59. The van der Waals surface area contributed by atoms with E-state index in [1.165, 1.54) is 10.4 Å². The number of amides is 1. The molecule has 0 spiro atoms. The topological polar surface area (TPSA) is 33.2 Å². The molecule has 1 aliphatic rings. The van der Waals surface area contributed by atoms with Gasteiger partial charge in [-0.15, -0.1) is 11.3 Å². The Kier molecular flexibility index (Phi) is 5.22. The fourth-order valence-corrected chi connectivity index (χ4v) is 3.88. The van der Waals surface area contributed by atoms with Gasteiger partial charge in [0.05, 0.1) is 0 Å². The van der Waals surface area contributed by atoms with Gasteiger partial charge in [-0.1, -0.05) is 6.07 Å². The molecule has 0 N–H and O–H groups in total. The summed E-state index contributed by atoms with van der Waals surface area (Å²) < 4.78 is 0. The van der Waals surface area contributed by atoms with E-state index in [4.69, 9.17) is 0 Å². The van der Waals surface area contributed by atoms with Gasteiger partial charge in [-0.25, -0.2) is 0 Å². The van der Waals surface area contributed by atoms with Crippen molar-refractivity contribution in [2.45, 2.75) is 44.6 Å². The second kappa shape index (κ2) is 7.54. The maximum atomic E-state index is 12.5. The predicted octanol–water partition coefficient (Wildman–Crippen LogP) is 3.70. The van der Waals surface area contributed by atoms with E-state index >= 15 is 0 Å². The van der Waals surface area contributed by atoms with Crippen LogP contribution in [0.1, 0.15) is 36.1 Å². The minimum atomic E-state index is 0.325. The summed E-state index contributed by atoms with van der Waals surface area (Å²) in [6.45, 7) is 0.935. The van der Waals surface area contributed by atoms with E-state index in [0.29, 0.717) is 18.4 Å². The Morgan fingerprint density at radius 2 is 2.14 bits per heavy atom. The molecule has 0 radical (unpaired) electrons. The number of pyridine rings is 1. The quantitative estimate of drug-likeness (QED) is 0.814. The molecule has 0 saturated carbocycles. The zero-order valence-corrected chi connectivity index (χ0v) is 13.6. The number of aromatic nitrogens is 1. The molecule has 1 atom stereocenters. The lowest BCUT2D eigenvalue weighted by Crippen LogP contribution is -2.35. The molecule has 3 nitrogen and oxygen atoms in total. The molecule has 3 rings (SSSR count). The number of thiophene rings is 1. The SMILES string of the molecule is O=C(CCc1cccs1)N1CCC[C@@H]1CCc1ccncc1. The molecule has 22 heavy (non-hydrogen) atoms. The van der Waals surface area contributed by atoms with Gasteiger partial charge in [-0.05, 0) is 61.2 Å². The molecule has 1 aliphatic heterocycles. The standard InChI is InChI=1S/C18H22N2OS/c21-18(8-7-17-4-2-14-22-17)20-13-1-3-16(20)6-5-15-9-11-19-12-10-15/h2,4,9-12,14,16H,1,3,5-8,13H2/t16-/m1/s1. The molecule has 4 heteroatoms. The zero-order chi connectivity index (χ0) is 15.2. The van der Waals surface area contributed by atoms with Crippen molar-refractivity contribution in [3.63, 3.8) is 0 Å². The van der Waals surface area contributed by atoms with E-state index in [1.54, 1.807) is 11.3 Å². The fourth-order valence-electron chi connectivity index (χ4n) is 3.18. The first-order valence-electron chi connectivity index (χ1n) is 8.03. The van der Waals surface area contributed by atoms with E-state index < -0.39 is 0 Å². The van der Waals surface area contributed by atoms with E-state index in [1.807, 2.05) is 12.4 Å². The average Bonchev–Trinajstić information content (AvgIpc) is 3.23. The van der Waals surface area contributed by atoms with Crippen molar-refractivity contribution in [2.75, 3.05) is 6.54 Å². The highest BCUT2D eigenvalue weighted by Crippen LogP contribution is 2.23. The minimum absolute atomic E-state index is 0.325. The summed E-state index contributed by atoms with van der Waals surface area (Å²) in [5.41, 5.74) is 1.31. The van der Waals surface area contributed by atoms with Crippen LogP contribution in [-0.4, -0.2) is 28.4 Å². The highest BCUT2D eigenvalue weighted by molar-refractivity contribution is 7.09. The summed E-state index contributed by atoms with van der Waals surface area (Å²) in [4.78, 5) is 20.0. The van der Waals surface area contributed by atoms with Crippen LogP contribution in [0.25, 0.3) is 0 Å². The van der Waals surface area contributed by atoms with Crippen molar-refractivity contribution in [1.82, 2.24) is 9.88 Å². The summed E-state index contributed by atoms with van der Waals surface area (Å²) >= 11 is 1.74. The molecular formula is C18H22N2OS. The normalized spacial score (nSPS) is 17.8. The number of aryl methyl sites for hydroxylation is 2. The second-order valence-electron chi connectivity index (χ2n) is 5.86. The first kappa shape index (κ1) is 15.2. The van der Waals surface area contributed by atoms with Crippen molar-refractivity contribution >= 4 is 17.2 Å². The largest absolute Gasteiger partial charge is 0.340 e. The maximum Gasteiger partial charge on any atom is 0.223 e. The number of carbonyl (C=O) groups excluding carboxylic acids is 1. The minimum Gasteiger partial charge on any atom is -0.340 e. The first-order valence-corrected chi connectivity index (χ1v) is 8.91. The molecule has 1 saturated heterocycles. The van der Waals surface area contributed by atoms with E-state index in [-0.39, 0.29) is 0 Å². The van der Waals surface area contributed by atoms with Crippen LogP contribution in [0.2, 0.25) is 0 Å². The third kappa shape index (κ3) is 3.95. The van der Waals surface area contributed by atoms with Crippen LogP contribution in [0.3, 0.4) is 0 Å². The van der Waals surface area contributed by atoms with Crippen molar-refractivity contribution in [3.8, 4) is 0 Å².